The molecule has 1 heterocycles. The van der Waals surface area contributed by atoms with Gasteiger partial charge in [0.1, 0.15) is 0 Å². The summed E-state index contributed by atoms with van der Waals surface area (Å²) in [5.41, 5.74) is 1.20. The number of hydrogen-bond acceptors (Lipinski definition) is 3. The molecule has 0 radical (unpaired) electrons. The van der Waals surface area contributed by atoms with E-state index in [1.54, 1.807) is 54.6 Å². The molecule has 1 aliphatic heterocycles. The van der Waals surface area contributed by atoms with Gasteiger partial charge in [0.15, 0.2) is 0 Å². The van der Waals surface area contributed by atoms with Crippen LogP contribution >= 0.6 is 0 Å². The molecule has 6 heteroatoms. The van der Waals surface area contributed by atoms with Crippen LogP contribution in [0.15, 0.2) is 59.5 Å². The smallest absolute Gasteiger partial charge is 0.261 e. The SMILES string of the molecule is CC(C)(C)CC1CCCN1C(=O)c1ccc(NS(=O)(=O)c2ccccc2)cc1. The second kappa shape index (κ2) is 7.95. The maximum absolute atomic E-state index is 12.9. The molecule has 0 bridgehead atoms. The summed E-state index contributed by atoms with van der Waals surface area (Å²) < 4.78 is 27.4. The van der Waals surface area contributed by atoms with Crippen molar-refractivity contribution in [3.8, 4) is 0 Å². The predicted octanol–water partition coefficient (Wildman–Crippen LogP) is 4.53. The van der Waals surface area contributed by atoms with Crippen LogP contribution in [0, 0.1) is 5.41 Å². The zero-order chi connectivity index (χ0) is 20.4. The molecule has 0 spiro atoms. The first-order valence-corrected chi connectivity index (χ1v) is 11.1. The highest BCUT2D eigenvalue weighted by Crippen LogP contribution is 2.31. The predicted molar refractivity (Wildman–Crippen MR) is 112 cm³/mol. The van der Waals surface area contributed by atoms with E-state index in [-0.39, 0.29) is 22.3 Å². The molecule has 1 aliphatic rings. The van der Waals surface area contributed by atoms with Crippen LogP contribution in [0.1, 0.15) is 50.4 Å². The number of rotatable bonds is 5. The number of benzene rings is 2. The minimum atomic E-state index is -3.64. The Morgan fingerprint density at radius 2 is 1.71 bits per heavy atom. The molecule has 1 fully saturated rings. The maximum Gasteiger partial charge on any atom is 0.261 e. The van der Waals surface area contributed by atoms with E-state index in [0.29, 0.717) is 11.3 Å². The Balaban J connectivity index is 1.71. The van der Waals surface area contributed by atoms with E-state index in [2.05, 4.69) is 25.5 Å². The fourth-order valence-corrected chi connectivity index (χ4v) is 4.76. The molecule has 2 aromatic rings. The Morgan fingerprint density at radius 3 is 2.32 bits per heavy atom. The lowest BCUT2D eigenvalue weighted by Gasteiger charge is -2.30. The number of amides is 1. The van der Waals surface area contributed by atoms with Crippen molar-refractivity contribution in [2.24, 2.45) is 5.41 Å². The minimum Gasteiger partial charge on any atom is -0.336 e. The van der Waals surface area contributed by atoms with Gasteiger partial charge in [0.05, 0.1) is 4.90 Å². The number of nitrogens with one attached hydrogen (secondary N) is 1. The summed E-state index contributed by atoms with van der Waals surface area (Å²) in [6.45, 7) is 7.37. The van der Waals surface area contributed by atoms with Crippen molar-refractivity contribution in [3.05, 3.63) is 60.2 Å². The van der Waals surface area contributed by atoms with Crippen molar-refractivity contribution in [3.63, 3.8) is 0 Å². The van der Waals surface area contributed by atoms with Crippen LogP contribution in [0.4, 0.5) is 5.69 Å². The van der Waals surface area contributed by atoms with Crippen molar-refractivity contribution in [2.75, 3.05) is 11.3 Å². The van der Waals surface area contributed by atoms with Crippen LogP contribution in [0.3, 0.4) is 0 Å². The van der Waals surface area contributed by atoms with Gasteiger partial charge < -0.3 is 4.90 Å². The highest BCUT2D eigenvalue weighted by Gasteiger charge is 2.32. The summed E-state index contributed by atoms with van der Waals surface area (Å²) in [6.07, 6.45) is 3.05. The van der Waals surface area contributed by atoms with Crippen LogP contribution in [-0.2, 0) is 10.0 Å². The molecule has 0 aliphatic carbocycles. The highest BCUT2D eigenvalue weighted by atomic mass is 32.2. The lowest BCUT2D eigenvalue weighted by Crippen LogP contribution is -2.37. The second-order valence-corrected chi connectivity index (χ2v) is 10.2. The van der Waals surface area contributed by atoms with Gasteiger partial charge >= 0.3 is 0 Å². The van der Waals surface area contributed by atoms with Crippen molar-refractivity contribution in [1.29, 1.82) is 0 Å². The van der Waals surface area contributed by atoms with E-state index >= 15 is 0 Å². The number of nitrogens with zero attached hydrogens (tertiary/aromatic N) is 1. The van der Waals surface area contributed by atoms with Crippen molar-refractivity contribution in [1.82, 2.24) is 4.90 Å². The first-order valence-electron chi connectivity index (χ1n) is 9.65. The maximum atomic E-state index is 12.9. The van der Waals surface area contributed by atoms with Crippen molar-refractivity contribution >= 4 is 21.6 Å². The van der Waals surface area contributed by atoms with Gasteiger partial charge in [0.2, 0.25) is 0 Å². The number of carbonyl (C=O) groups excluding carboxylic acids is 1. The Kier molecular flexibility index (Phi) is 5.79. The van der Waals surface area contributed by atoms with E-state index in [0.717, 1.165) is 25.8 Å². The van der Waals surface area contributed by atoms with E-state index in [1.807, 2.05) is 4.90 Å². The van der Waals surface area contributed by atoms with Crippen LogP contribution in [0.25, 0.3) is 0 Å². The molecule has 1 unspecified atom stereocenters. The van der Waals surface area contributed by atoms with Gasteiger partial charge in [-0.25, -0.2) is 8.42 Å². The summed E-state index contributed by atoms with van der Waals surface area (Å²) >= 11 is 0. The topological polar surface area (TPSA) is 66.5 Å². The summed E-state index contributed by atoms with van der Waals surface area (Å²) in [5.74, 6) is 0.0178. The number of likely N-dealkylation sites (tertiary alicyclic amines) is 1. The molecule has 0 saturated carbocycles. The van der Waals surface area contributed by atoms with Crippen LogP contribution < -0.4 is 4.72 Å². The average Bonchev–Trinajstić information content (AvgIpc) is 3.08. The Labute approximate surface area is 167 Å². The van der Waals surface area contributed by atoms with E-state index in [4.69, 9.17) is 0 Å². The first-order chi connectivity index (χ1) is 13.2. The third-order valence-corrected chi connectivity index (χ3v) is 6.32. The van der Waals surface area contributed by atoms with E-state index in [9.17, 15) is 13.2 Å². The number of carbonyl (C=O) groups is 1. The molecule has 0 aromatic heterocycles. The summed E-state index contributed by atoms with van der Waals surface area (Å²) in [4.78, 5) is 15.1. The molecule has 1 amide bonds. The van der Waals surface area contributed by atoms with Gasteiger partial charge in [-0.15, -0.1) is 0 Å². The largest absolute Gasteiger partial charge is 0.336 e. The van der Waals surface area contributed by atoms with E-state index in [1.165, 1.54) is 0 Å². The normalized spacial score (nSPS) is 17.5. The first kappa shape index (κ1) is 20.4. The lowest BCUT2D eigenvalue weighted by molar-refractivity contribution is 0.0704. The fourth-order valence-electron chi connectivity index (χ4n) is 3.68. The molecular formula is C22H28N2O3S. The quantitative estimate of drug-likeness (QED) is 0.802. The fraction of sp³-hybridized carbons (Fsp3) is 0.409. The number of hydrogen-bond donors (Lipinski definition) is 1. The van der Waals surface area contributed by atoms with Gasteiger partial charge in [-0.3, -0.25) is 9.52 Å². The van der Waals surface area contributed by atoms with Gasteiger partial charge in [0.25, 0.3) is 15.9 Å². The molecule has 3 rings (SSSR count). The van der Waals surface area contributed by atoms with Gasteiger partial charge in [-0.2, -0.15) is 0 Å². The van der Waals surface area contributed by atoms with Gasteiger partial charge in [-0.05, 0) is 61.1 Å². The van der Waals surface area contributed by atoms with Gasteiger partial charge in [0, 0.05) is 23.8 Å². The average molecular weight is 401 g/mol. The van der Waals surface area contributed by atoms with Gasteiger partial charge in [-0.1, -0.05) is 39.0 Å². The molecule has 1 atom stereocenters. The lowest BCUT2D eigenvalue weighted by atomic mass is 9.87. The zero-order valence-corrected chi connectivity index (χ0v) is 17.5. The molecule has 5 nitrogen and oxygen atoms in total. The van der Waals surface area contributed by atoms with Crippen molar-refractivity contribution < 1.29 is 13.2 Å². The number of sulfonamides is 1. The Morgan fingerprint density at radius 1 is 1.07 bits per heavy atom. The molecule has 28 heavy (non-hydrogen) atoms. The molecule has 1 saturated heterocycles. The standard InChI is InChI=1S/C22H28N2O3S/c1-22(2,3)16-19-8-7-15-24(19)21(25)17-11-13-18(14-12-17)23-28(26,27)20-9-5-4-6-10-20/h4-6,9-14,19,23H,7-8,15-16H2,1-3H3. The Hall–Kier alpha value is -2.34. The third-order valence-electron chi connectivity index (χ3n) is 4.92. The number of anilines is 1. The monoisotopic (exact) mass is 400 g/mol. The molecule has 2 aromatic carbocycles. The third kappa shape index (κ3) is 4.93. The molecule has 150 valence electrons. The summed E-state index contributed by atoms with van der Waals surface area (Å²) in [5, 5.41) is 0. The molecular weight excluding hydrogens is 372 g/mol. The van der Waals surface area contributed by atoms with Crippen molar-refractivity contribution in [2.45, 2.75) is 51.0 Å². The van der Waals surface area contributed by atoms with Crippen LogP contribution in [0.2, 0.25) is 0 Å². The van der Waals surface area contributed by atoms with E-state index < -0.39 is 10.0 Å². The Bertz CT molecular complexity index is 917. The highest BCUT2D eigenvalue weighted by molar-refractivity contribution is 7.92. The zero-order valence-electron chi connectivity index (χ0n) is 16.7. The van der Waals surface area contributed by atoms with Crippen LogP contribution in [0.5, 0.6) is 0 Å². The summed E-state index contributed by atoms with van der Waals surface area (Å²) in [7, 11) is -3.64. The summed E-state index contributed by atoms with van der Waals surface area (Å²) in [6, 6.07) is 15.2. The molecule has 1 N–H and O–H groups in total. The van der Waals surface area contributed by atoms with Crippen LogP contribution in [-0.4, -0.2) is 31.8 Å². The minimum absolute atomic E-state index is 0.0178. The second-order valence-electron chi connectivity index (χ2n) is 8.56.